The normalized spacial score (nSPS) is 10.7. The van der Waals surface area contributed by atoms with Gasteiger partial charge in [-0.25, -0.2) is 4.68 Å². The van der Waals surface area contributed by atoms with Crippen molar-refractivity contribution in [3.8, 4) is 11.7 Å². The summed E-state index contributed by atoms with van der Waals surface area (Å²) in [5.41, 5.74) is 9.68. The molecule has 0 bridgehead atoms. The molecule has 0 aliphatic carbocycles. The number of anilines is 1. The van der Waals surface area contributed by atoms with Crippen molar-refractivity contribution in [3.05, 3.63) is 29.1 Å². The highest BCUT2D eigenvalue weighted by Crippen LogP contribution is 2.22. The molecule has 2 aromatic rings. The van der Waals surface area contributed by atoms with Crippen LogP contribution in [0.4, 0.5) is 5.69 Å². The third-order valence-corrected chi connectivity index (χ3v) is 3.19. The predicted octanol–water partition coefficient (Wildman–Crippen LogP) is 2.56. The van der Waals surface area contributed by atoms with Gasteiger partial charge in [0.2, 0.25) is 5.88 Å². The van der Waals surface area contributed by atoms with Gasteiger partial charge in [-0.3, -0.25) is 0 Å². The van der Waals surface area contributed by atoms with Crippen molar-refractivity contribution >= 4 is 5.69 Å². The van der Waals surface area contributed by atoms with Gasteiger partial charge in [0.1, 0.15) is 0 Å². The number of hydrogen-bond acceptors (Lipinski definition) is 4. The maximum absolute atomic E-state index is 5.86. The van der Waals surface area contributed by atoms with Crippen LogP contribution in [0, 0.1) is 20.8 Å². The molecule has 0 spiro atoms. The second-order valence-electron chi connectivity index (χ2n) is 4.62. The second-order valence-corrected chi connectivity index (χ2v) is 4.62. The maximum atomic E-state index is 5.86. The zero-order chi connectivity index (χ0) is 14.0. The molecule has 5 nitrogen and oxygen atoms in total. The highest BCUT2D eigenvalue weighted by atomic mass is 16.5. The Kier molecular flexibility index (Phi) is 3.74. The van der Waals surface area contributed by atoms with Gasteiger partial charge in [-0.05, 0) is 44.9 Å². The van der Waals surface area contributed by atoms with E-state index in [4.69, 9.17) is 10.5 Å². The summed E-state index contributed by atoms with van der Waals surface area (Å²) >= 11 is 0. The first-order chi connectivity index (χ1) is 9.04. The molecular formula is C14H20N4O. The Morgan fingerprint density at radius 1 is 1.26 bits per heavy atom. The van der Waals surface area contributed by atoms with E-state index in [1.54, 1.807) is 6.07 Å². The molecule has 0 atom stereocenters. The van der Waals surface area contributed by atoms with E-state index in [0.29, 0.717) is 18.2 Å². The van der Waals surface area contributed by atoms with E-state index in [-0.39, 0.29) is 0 Å². The van der Waals surface area contributed by atoms with E-state index < -0.39 is 0 Å². The molecule has 0 aromatic carbocycles. The molecule has 0 fully saturated rings. The topological polar surface area (TPSA) is 66.0 Å². The number of nitrogens with two attached hydrogens (primary N) is 1. The van der Waals surface area contributed by atoms with Gasteiger partial charge in [-0.15, -0.1) is 0 Å². The lowest BCUT2D eigenvalue weighted by atomic mass is 10.2. The highest BCUT2D eigenvalue weighted by molar-refractivity contribution is 5.51. The summed E-state index contributed by atoms with van der Waals surface area (Å²) in [4.78, 5) is 4.45. The van der Waals surface area contributed by atoms with Gasteiger partial charge in [0.25, 0.3) is 0 Å². The number of aryl methyl sites for hydroxylation is 1. The number of rotatable bonds is 4. The third-order valence-electron chi connectivity index (χ3n) is 3.19. The lowest BCUT2D eigenvalue weighted by molar-refractivity contribution is 0.306. The molecule has 2 heterocycles. The first kappa shape index (κ1) is 13.4. The van der Waals surface area contributed by atoms with Crippen LogP contribution in [0.25, 0.3) is 5.82 Å². The van der Waals surface area contributed by atoms with E-state index in [1.807, 2.05) is 31.5 Å². The van der Waals surface area contributed by atoms with Gasteiger partial charge in [0, 0.05) is 5.69 Å². The number of ether oxygens (including phenoxy) is 1. The van der Waals surface area contributed by atoms with Crippen LogP contribution in [-0.4, -0.2) is 21.4 Å². The van der Waals surface area contributed by atoms with Crippen molar-refractivity contribution in [2.24, 2.45) is 0 Å². The van der Waals surface area contributed by atoms with Crippen LogP contribution >= 0.6 is 0 Å². The summed E-state index contributed by atoms with van der Waals surface area (Å²) in [5, 5.41) is 4.49. The summed E-state index contributed by atoms with van der Waals surface area (Å²) < 4.78 is 7.37. The first-order valence-electron chi connectivity index (χ1n) is 6.47. The molecule has 2 rings (SSSR count). The van der Waals surface area contributed by atoms with E-state index >= 15 is 0 Å². The largest absolute Gasteiger partial charge is 0.476 e. The van der Waals surface area contributed by atoms with Gasteiger partial charge in [-0.2, -0.15) is 10.1 Å². The highest BCUT2D eigenvalue weighted by Gasteiger charge is 2.12. The number of hydrogen-bond donors (Lipinski definition) is 1. The average Bonchev–Trinajstić information content (AvgIpc) is 2.66. The molecule has 5 heteroatoms. The molecule has 2 aromatic heterocycles. The molecule has 0 saturated heterocycles. The van der Waals surface area contributed by atoms with Gasteiger partial charge in [0.15, 0.2) is 5.82 Å². The lowest BCUT2D eigenvalue weighted by Crippen LogP contribution is -2.07. The number of nitrogens with zero attached hydrogens (tertiary/aromatic N) is 3. The maximum Gasteiger partial charge on any atom is 0.239 e. The zero-order valence-electron chi connectivity index (χ0n) is 11.9. The van der Waals surface area contributed by atoms with E-state index in [0.717, 1.165) is 23.6 Å². The van der Waals surface area contributed by atoms with Crippen molar-refractivity contribution in [3.63, 3.8) is 0 Å². The Balaban J connectivity index is 2.42. The molecule has 2 N–H and O–H groups in total. The van der Waals surface area contributed by atoms with Crippen LogP contribution < -0.4 is 10.5 Å². The summed E-state index contributed by atoms with van der Waals surface area (Å²) in [5.74, 6) is 1.21. The Labute approximate surface area is 113 Å². The zero-order valence-corrected chi connectivity index (χ0v) is 11.9. The SMILES string of the molecule is CCCOc1nc(-n2nc(C)c(C)c2C)ccc1N. The van der Waals surface area contributed by atoms with Gasteiger partial charge >= 0.3 is 0 Å². The summed E-state index contributed by atoms with van der Waals surface area (Å²) in [6.07, 6.45) is 0.921. The fourth-order valence-corrected chi connectivity index (χ4v) is 1.82. The number of nitrogen functional groups attached to an aromatic ring is 1. The fraction of sp³-hybridized carbons (Fsp3) is 0.429. The van der Waals surface area contributed by atoms with Crippen LogP contribution in [0.5, 0.6) is 5.88 Å². The van der Waals surface area contributed by atoms with Crippen molar-refractivity contribution in [1.82, 2.24) is 14.8 Å². The van der Waals surface area contributed by atoms with E-state index in [2.05, 4.69) is 17.0 Å². The number of pyridine rings is 1. The monoisotopic (exact) mass is 260 g/mol. The molecule has 0 radical (unpaired) electrons. The lowest BCUT2D eigenvalue weighted by Gasteiger charge is -2.09. The molecule has 0 unspecified atom stereocenters. The Hall–Kier alpha value is -2.04. The van der Waals surface area contributed by atoms with Crippen molar-refractivity contribution < 1.29 is 4.74 Å². The fourth-order valence-electron chi connectivity index (χ4n) is 1.82. The molecule has 0 aliphatic rings. The second kappa shape index (κ2) is 5.30. The van der Waals surface area contributed by atoms with Crippen molar-refractivity contribution in [1.29, 1.82) is 0 Å². The van der Waals surface area contributed by atoms with E-state index in [9.17, 15) is 0 Å². The van der Waals surface area contributed by atoms with Crippen molar-refractivity contribution in [2.45, 2.75) is 34.1 Å². The molecule has 0 amide bonds. The summed E-state index contributed by atoms with van der Waals surface area (Å²) in [7, 11) is 0. The summed E-state index contributed by atoms with van der Waals surface area (Å²) in [6, 6.07) is 3.66. The third kappa shape index (κ3) is 2.54. The van der Waals surface area contributed by atoms with Crippen LogP contribution in [0.1, 0.15) is 30.3 Å². The van der Waals surface area contributed by atoms with Gasteiger partial charge < -0.3 is 10.5 Å². The Bertz CT molecular complexity index is 589. The Morgan fingerprint density at radius 2 is 2.00 bits per heavy atom. The van der Waals surface area contributed by atoms with Gasteiger partial charge in [-0.1, -0.05) is 6.92 Å². The summed E-state index contributed by atoms with van der Waals surface area (Å²) in [6.45, 7) is 8.73. The number of aromatic nitrogens is 3. The molecule has 102 valence electrons. The quantitative estimate of drug-likeness (QED) is 0.917. The smallest absolute Gasteiger partial charge is 0.239 e. The first-order valence-corrected chi connectivity index (χ1v) is 6.47. The minimum absolute atomic E-state index is 0.476. The molecule has 19 heavy (non-hydrogen) atoms. The van der Waals surface area contributed by atoms with Crippen LogP contribution in [0.3, 0.4) is 0 Å². The van der Waals surface area contributed by atoms with Gasteiger partial charge in [0.05, 0.1) is 18.0 Å². The van der Waals surface area contributed by atoms with Crippen LogP contribution in [0.15, 0.2) is 12.1 Å². The minimum Gasteiger partial charge on any atom is -0.476 e. The predicted molar refractivity (Wildman–Crippen MR) is 75.8 cm³/mol. The van der Waals surface area contributed by atoms with E-state index in [1.165, 1.54) is 5.56 Å². The molecular weight excluding hydrogens is 240 g/mol. The standard InChI is InChI=1S/C14H20N4O/c1-5-8-19-14-12(15)6-7-13(16-14)18-11(4)9(2)10(3)17-18/h6-7H,5,8,15H2,1-4H3. The average molecular weight is 260 g/mol. The van der Waals surface area contributed by atoms with Crippen LogP contribution in [-0.2, 0) is 0 Å². The Morgan fingerprint density at radius 3 is 2.58 bits per heavy atom. The molecule has 0 saturated carbocycles. The minimum atomic E-state index is 0.476. The van der Waals surface area contributed by atoms with Crippen LogP contribution in [0.2, 0.25) is 0 Å². The molecule has 0 aliphatic heterocycles. The van der Waals surface area contributed by atoms with Crippen molar-refractivity contribution in [2.75, 3.05) is 12.3 Å².